The molecule has 1 heterocycles. The Morgan fingerprint density at radius 3 is 2.83 bits per heavy atom. The Labute approximate surface area is 72.9 Å². The van der Waals surface area contributed by atoms with E-state index in [0.29, 0.717) is 12.3 Å². The molecule has 0 amide bonds. The molecule has 0 aliphatic carbocycles. The number of hydrogen-bond donors (Lipinski definition) is 2. The van der Waals surface area contributed by atoms with Gasteiger partial charge in [0.1, 0.15) is 0 Å². The highest BCUT2D eigenvalue weighted by molar-refractivity contribution is 7.91. The van der Waals surface area contributed by atoms with Crippen molar-refractivity contribution in [3.8, 4) is 0 Å². The van der Waals surface area contributed by atoms with E-state index < -0.39 is 9.84 Å². The zero-order chi connectivity index (χ0) is 9.03. The second-order valence-corrected chi connectivity index (χ2v) is 5.36. The van der Waals surface area contributed by atoms with Crippen LogP contribution in [0, 0.1) is 0 Å². The zero-order valence-electron chi connectivity index (χ0n) is 6.99. The van der Waals surface area contributed by atoms with Gasteiger partial charge < -0.3 is 10.4 Å². The van der Waals surface area contributed by atoms with E-state index in [1.54, 1.807) is 0 Å². The lowest BCUT2D eigenvalue weighted by Crippen LogP contribution is -2.41. The highest BCUT2D eigenvalue weighted by Crippen LogP contribution is 2.11. The molecule has 5 heteroatoms. The van der Waals surface area contributed by atoms with Crippen LogP contribution in [0.3, 0.4) is 0 Å². The smallest absolute Gasteiger partial charge is 0.151 e. The summed E-state index contributed by atoms with van der Waals surface area (Å²) in [6.07, 6.45) is 1.64. The summed E-state index contributed by atoms with van der Waals surface area (Å²) in [6.45, 7) is 0.552. The van der Waals surface area contributed by atoms with Gasteiger partial charge >= 0.3 is 0 Å². The fourth-order valence-electron chi connectivity index (χ4n) is 1.45. The first-order valence-electron chi connectivity index (χ1n) is 4.19. The van der Waals surface area contributed by atoms with E-state index in [-0.39, 0.29) is 18.4 Å². The standard InChI is InChI=1S/C7H15NO3S/c9-4-3-8-7-2-1-5-12(10,11)6-7/h7-9H,1-6H2. The second kappa shape index (κ2) is 4.20. The number of aliphatic hydroxyl groups excluding tert-OH is 1. The summed E-state index contributed by atoms with van der Waals surface area (Å²) in [5, 5.41) is 11.5. The van der Waals surface area contributed by atoms with Crippen molar-refractivity contribution < 1.29 is 13.5 Å². The Morgan fingerprint density at radius 1 is 1.50 bits per heavy atom. The number of nitrogens with one attached hydrogen (secondary N) is 1. The van der Waals surface area contributed by atoms with Crippen molar-refractivity contribution in [1.82, 2.24) is 5.32 Å². The van der Waals surface area contributed by atoms with E-state index in [1.807, 2.05) is 0 Å². The molecule has 0 radical (unpaired) electrons. The molecule has 12 heavy (non-hydrogen) atoms. The number of rotatable bonds is 3. The van der Waals surface area contributed by atoms with Crippen LogP contribution in [0.4, 0.5) is 0 Å². The lowest BCUT2D eigenvalue weighted by atomic mass is 10.2. The van der Waals surface area contributed by atoms with Crippen LogP contribution in [0.1, 0.15) is 12.8 Å². The van der Waals surface area contributed by atoms with Crippen molar-refractivity contribution in [3.05, 3.63) is 0 Å². The molecule has 1 saturated heterocycles. The van der Waals surface area contributed by atoms with Gasteiger partial charge in [0.25, 0.3) is 0 Å². The lowest BCUT2D eigenvalue weighted by Gasteiger charge is -2.22. The van der Waals surface area contributed by atoms with Gasteiger partial charge in [0.05, 0.1) is 18.1 Å². The maximum atomic E-state index is 11.1. The summed E-state index contributed by atoms with van der Waals surface area (Å²) in [5.41, 5.74) is 0. The first-order valence-corrected chi connectivity index (χ1v) is 6.01. The van der Waals surface area contributed by atoms with Crippen molar-refractivity contribution in [2.75, 3.05) is 24.7 Å². The zero-order valence-corrected chi connectivity index (χ0v) is 7.81. The third kappa shape index (κ3) is 3.08. The van der Waals surface area contributed by atoms with Crippen molar-refractivity contribution in [2.24, 2.45) is 0 Å². The highest BCUT2D eigenvalue weighted by atomic mass is 32.2. The molecule has 0 aromatic carbocycles. The first kappa shape index (κ1) is 9.95. The van der Waals surface area contributed by atoms with Gasteiger partial charge in [-0.05, 0) is 12.8 Å². The lowest BCUT2D eigenvalue weighted by molar-refractivity contribution is 0.283. The number of aliphatic hydroxyl groups is 1. The minimum absolute atomic E-state index is 0.0518. The molecule has 2 N–H and O–H groups in total. The molecular formula is C7H15NO3S. The van der Waals surface area contributed by atoms with Gasteiger partial charge in [0, 0.05) is 12.6 Å². The van der Waals surface area contributed by atoms with Crippen molar-refractivity contribution in [2.45, 2.75) is 18.9 Å². The van der Waals surface area contributed by atoms with Gasteiger partial charge in [0.2, 0.25) is 0 Å². The van der Waals surface area contributed by atoms with Crippen LogP contribution in [0.15, 0.2) is 0 Å². The SMILES string of the molecule is O=S1(=O)CCCC(NCCO)C1. The summed E-state index contributed by atoms with van der Waals surface area (Å²) in [6, 6.07) is 0.0518. The summed E-state index contributed by atoms with van der Waals surface area (Å²) in [7, 11) is -2.81. The Kier molecular flexibility index (Phi) is 3.49. The molecule has 1 fully saturated rings. The number of sulfone groups is 1. The Balaban J connectivity index is 2.36. The van der Waals surface area contributed by atoms with Gasteiger partial charge in [-0.1, -0.05) is 0 Å². The van der Waals surface area contributed by atoms with Crippen LogP contribution >= 0.6 is 0 Å². The molecule has 0 saturated carbocycles. The molecule has 0 bridgehead atoms. The molecule has 1 rings (SSSR count). The van der Waals surface area contributed by atoms with Crippen LogP contribution in [0.2, 0.25) is 0 Å². The van der Waals surface area contributed by atoms with Crippen molar-refractivity contribution >= 4 is 9.84 Å². The molecule has 4 nitrogen and oxygen atoms in total. The van der Waals surface area contributed by atoms with Gasteiger partial charge in [-0.2, -0.15) is 0 Å². The van der Waals surface area contributed by atoms with Gasteiger partial charge in [-0.3, -0.25) is 0 Å². The monoisotopic (exact) mass is 193 g/mol. The van der Waals surface area contributed by atoms with E-state index in [1.165, 1.54) is 0 Å². The Morgan fingerprint density at radius 2 is 2.25 bits per heavy atom. The maximum absolute atomic E-state index is 11.1. The molecule has 1 unspecified atom stereocenters. The molecule has 0 aromatic heterocycles. The van der Waals surface area contributed by atoms with E-state index in [4.69, 9.17) is 5.11 Å². The summed E-state index contributed by atoms with van der Waals surface area (Å²) in [5.74, 6) is 0.553. The third-order valence-electron chi connectivity index (χ3n) is 2.01. The van der Waals surface area contributed by atoms with Crippen LogP contribution in [0.5, 0.6) is 0 Å². The molecule has 72 valence electrons. The predicted molar refractivity (Wildman–Crippen MR) is 46.8 cm³/mol. The first-order chi connectivity index (χ1) is 5.64. The van der Waals surface area contributed by atoms with E-state index >= 15 is 0 Å². The average Bonchev–Trinajstić information content (AvgIpc) is 1.99. The van der Waals surface area contributed by atoms with E-state index in [9.17, 15) is 8.42 Å². The van der Waals surface area contributed by atoms with Gasteiger partial charge in [-0.25, -0.2) is 8.42 Å². The normalized spacial score (nSPS) is 28.6. The summed E-state index contributed by atoms with van der Waals surface area (Å²) < 4.78 is 22.2. The summed E-state index contributed by atoms with van der Waals surface area (Å²) >= 11 is 0. The van der Waals surface area contributed by atoms with Gasteiger partial charge in [0.15, 0.2) is 9.84 Å². The maximum Gasteiger partial charge on any atom is 0.151 e. The third-order valence-corrected chi connectivity index (χ3v) is 3.83. The Bertz CT molecular complexity index is 225. The van der Waals surface area contributed by atoms with Crippen LogP contribution in [-0.4, -0.2) is 44.2 Å². The fourth-order valence-corrected chi connectivity index (χ4v) is 3.12. The van der Waals surface area contributed by atoms with Crippen LogP contribution in [0.25, 0.3) is 0 Å². The molecular weight excluding hydrogens is 178 g/mol. The minimum Gasteiger partial charge on any atom is -0.395 e. The minimum atomic E-state index is -2.81. The number of hydrogen-bond acceptors (Lipinski definition) is 4. The van der Waals surface area contributed by atoms with Gasteiger partial charge in [-0.15, -0.1) is 0 Å². The molecule has 1 atom stereocenters. The Hall–Kier alpha value is -0.130. The largest absolute Gasteiger partial charge is 0.395 e. The van der Waals surface area contributed by atoms with Crippen LogP contribution in [-0.2, 0) is 9.84 Å². The van der Waals surface area contributed by atoms with Crippen molar-refractivity contribution in [3.63, 3.8) is 0 Å². The molecule has 1 aliphatic rings. The van der Waals surface area contributed by atoms with E-state index in [0.717, 1.165) is 12.8 Å². The fraction of sp³-hybridized carbons (Fsp3) is 1.00. The molecule has 1 aliphatic heterocycles. The molecule has 0 spiro atoms. The van der Waals surface area contributed by atoms with Crippen molar-refractivity contribution in [1.29, 1.82) is 0 Å². The summed E-state index contributed by atoms with van der Waals surface area (Å²) in [4.78, 5) is 0. The molecule has 0 aromatic rings. The topological polar surface area (TPSA) is 66.4 Å². The van der Waals surface area contributed by atoms with E-state index in [2.05, 4.69) is 5.32 Å². The predicted octanol–water partition coefficient (Wildman–Crippen LogP) is -0.854. The van der Waals surface area contributed by atoms with Crippen LogP contribution < -0.4 is 5.32 Å². The average molecular weight is 193 g/mol. The highest BCUT2D eigenvalue weighted by Gasteiger charge is 2.23. The quantitative estimate of drug-likeness (QED) is 0.612. The second-order valence-electron chi connectivity index (χ2n) is 3.13.